The van der Waals surface area contributed by atoms with Gasteiger partial charge in [0.05, 0.1) is 39.7 Å². The quantitative estimate of drug-likeness (QED) is 0.169. The molecule has 0 spiro atoms. The molecule has 5 heteroatoms. The molecule has 10 aromatic rings. The Hall–Kier alpha value is -7.57. The van der Waals surface area contributed by atoms with E-state index in [-0.39, 0.29) is 0 Å². The Labute approximate surface area is 346 Å². The second-order valence-electron chi connectivity index (χ2n) is 15.2. The highest BCUT2D eigenvalue weighted by atomic mass is 32.1. The first-order chi connectivity index (χ1) is 29.1. The lowest BCUT2D eigenvalue weighted by molar-refractivity contribution is 0.769. The Balaban J connectivity index is 1.11. The second kappa shape index (κ2) is 13.5. The fourth-order valence-electron chi connectivity index (χ4n) is 9.56. The van der Waals surface area contributed by atoms with E-state index in [9.17, 15) is 10.5 Å². The first-order valence-electron chi connectivity index (χ1n) is 19.9. The molecule has 276 valence electrons. The van der Waals surface area contributed by atoms with Gasteiger partial charge in [0.25, 0.3) is 0 Å². The fraction of sp³-hybridized carbons (Fsp3) is 0.0556. The fourth-order valence-corrected chi connectivity index (χ4v) is 10.7. The monoisotopic (exact) mass is 770 g/mol. The SMILES string of the molecule is CCc1nc2ccccc2n1-c1ccc(-c2ccc(C3(c4ccccc4)c4ccccc4-c4c3ccc3sc5cc(C#N)cc(-c6ccc(C#N)cc6)c5c43)cc2)cc1. The van der Waals surface area contributed by atoms with Crippen molar-refractivity contribution in [3.63, 3.8) is 0 Å². The van der Waals surface area contributed by atoms with Crippen LogP contribution in [0.1, 0.15) is 46.1 Å². The van der Waals surface area contributed by atoms with Crippen LogP contribution in [0.15, 0.2) is 176 Å². The highest BCUT2D eigenvalue weighted by molar-refractivity contribution is 7.26. The van der Waals surface area contributed by atoms with Gasteiger partial charge in [-0.2, -0.15) is 10.5 Å². The number of hydrogen-bond acceptors (Lipinski definition) is 4. The lowest BCUT2D eigenvalue weighted by Gasteiger charge is -2.34. The third-order valence-corrected chi connectivity index (χ3v) is 13.2. The number of nitriles is 2. The number of fused-ring (bicyclic) bond motifs is 8. The highest BCUT2D eigenvalue weighted by Crippen LogP contribution is 2.60. The maximum absolute atomic E-state index is 10.1. The van der Waals surface area contributed by atoms with Crippen LogP contribution in [0.2, 0.25) is 0 Å². The summed E-state index contributed by atoms with van der Waals surface area (Å²) in [5, 5.41) is 22.0. The van der Waals surface area contributed by atoms with Gasteiger partial charge in [0.1, 0.15) is 5.82 Å². The minimum absolute atomic E-state index is 0.585. The number of benzene rings is 8. The molecule has 59 heavy (non-hydrogen) atoms. The third-order valence-electron chi connectivity index (χ3n) is 12.1. The standard InChI is InChI=1S/C54H34N4S/c1-2-50-57-46-14-8-9-15-47(46)58(50)41-26-22-37(23-27-41)36-20-24-40(25-21-36)54(39-10-4-3-5-11-39)44-13-7-6-12-42(44)51-45(54)28-29-48-53(51)52-43(30-35(33-56)31-49(52)59-48)38-18-16-34(32-55)17-19-38/h3-31H,2H2,1H3. The van der Waals surface area contributed by atoms with Crippen LogP contribution in [0.4, 0.5) is 0 Å². The summed E-state index contributed by atoms with van der Waals surface area (Å²) in [7, 11) is 0. The van der Waals surface area contributed by atoms with E-state index in [0.717, 1.165) is 61.3 Å². The van der Waals surface area contributed by atoms with Crippen molar-refractivity contribution >= 4 is 42.5 Å². The highest BCUT2D eigenvalue weighted by Gasteiger charge is 2.47. The molecular weight excluding hydrogens is 737 g/mol. The molecule has 0 aliphatic heterocycles. The van der Waals surface area contributed by atoms with Crippen molar-refractivity contribution in [1.29, 1.82) is 10.5 Å². The van der Waals surface area contributed by atoms with Gasteiger partial charge in [-0.3, -0.25) is 4.57 Å². The van der Waals surface area contributed by atoms with Gasteiger partial charge in [0, 0.05) is 32.3 Å². The number of nitrogens with zero attached hydrogens (tertiary/aromatic N) is 4. The van der Waals surface area contributed by atoms with Crippen molar-refractivity contribution in [2.75, 3.05) is 0 Å². The molecule has 8 aromatic carbocycles. The smallest absolute Gasteiger partial charge is 0.114 e. The Kier molecular flexibility index (Phi) is 7.95. The summed E-state index contributed by atoms with van der Waals surface area (Å²) in [6.07, 6.45) is 0.849. The van der Waals surface area contributed by atoms with Gasteiger partial charge in [0.2, 0.25) is 0 Å². The molecule has 2 aromatic heterocycles. The van der Waals surface area contributed by atoms with E-state index in [0.29, 0.717) is 11.1 Å². The van der Waals surface area contributed by atoms with E-state index < -0.39 is 5.41 Å². The van der Waals surface area contributed by atoms with Crippen molar-refractivity contribution in [3.8, 4) is 51.2 Å². The maximum Gasteiger partial charge on any atom is 0.114 e. The van der Waals surface area contributed by atoms with Crippen LogP contribution in [-0.2, 0) is 11.8 Å². The number of thiophene rings is 1. The number of imidazole rings is 1. The van der Waals surface area contributed by atoms with Crippen LogP contribution >= 0.6 is 11.3 Å². The average molecular weight is 771 g/mol. The minimum atomic E-state index is -0.585. The average Bonchev–Trinajstić information content (AvgIpc) is 3.97. The van der Waals surface area contributed by atoms with E-state index in [1.165, 1.54) is 43.5 Å². The molecule has 0 N–H and O–H groups in total. The minimum Gasteiger partial charge on any atom is -0.296 e. The van der Waals surface area contributed by atoms with Gasteiger partial charge >= 0.3 is 0 Å². The predicted octanol–water partition coefficient (Wildman–Crippen LogP) is 13.4. The molecule has 0 fully saturated rings. The molecule has 4 nitrogen and oxygen atoms in total. The van der Waals surface area contributed by atoms with E-state index >= 15 is 0 Å². The van der Waals surface area contributed by atoms with Gasteiger partial charge in [-0.15, -0.1) is 11.3 Å². The Morgan fingerprint density at radius 2 is 1.22 bits per heavy atom. The Bertz CT molecular complexity index is 3360. The lowest BCUT2D eigenvalue weighted by Crippen LogP contribution is -2.28. The summed E-state index contributed by atoms with van der Waals surface area (Å²) in [4.78, 5) is 4.90. The van der Waals surface area contributed by atoms with Gasteiger partial charge in [-0.1, -0.05) is 128 Å². The van der Waals surface area contributed by atoms with Gasteiger partial charge in [-0.05, 0) is 110 Å². The van der Waals surface area contributed by atoms with Crippen molar-refractivity contribution in [3.05, 3.63) is 215 Å². The predicted molar refractivity (Wildman–Crippen MR) is 241 cm³/mol. The van der Waals surface area contributed by atoms with Crippen molar-refractivity contribution in [2.45, 2.75) is 18.8 Å². The summed E-state index contributed by atoms with van der Waals surface area (Å²) < 4.78 is 4.52. The summed E-state index contributed by atoms with van der Waals surface area (Å²) in [5.74, 6) is 1.05. The molecule has 11 rings (SSSR count). The molecule has 0 amide bonds. The van der Waals surface area contributed by atoms with Gasteiger partial charge in [-0.25, -0.2) is 4.98 Å². The van der Waals surface area contributed by atoms with Gasteiger partial charge < -0.3 is 0 Å². The molecule has 1 aliphatic carbocycles. The molecular formula is C54H34N4S. The summed E-state index contributed by atoms with van der Waals surface area (Å²) in [5.41, 5.74) is 15.5. The van der Waals surface area contributed by atoms with E-state index in [1.54, 1.807) is 11.3 Å². The number of para-hydroxylation sites is 2. The van der Waals surface area contributed by atoms with Gasteiger partial charge in [0.15, 0.2) is 0 Å². The molecule has 1 atom stereocenters. The summed E-state index contributed by atoms with van der Waals surface area (Å²) in [6.45, 7) is 2.16. The molecule has 0 bridgehead atoms. The van der Waals surface area contributed by atoms with Crippen LogP contribution in [0.25, 0.3) is 70.3 Å². The molecule has 0 radical (unpaired) electrons. The topological polar surface area (TPSA) is 65.4 Å². The Morgan fingerprint density at radius 1 is 0.559 bits per heavy atom. The second-order valence-corrected chi connectivity index (χ2v) is 16.2. The van der Waals surface area contributed by atoms with Crippen LogP contribution < -0.4 is 0 Å². The van der Waals surface area contributed by atoms with E-state index in [4.69, 9.17) is 4.98 Å². The number of aryl methyl sites for hydroxylation is 1. The van der Waals surface area contributed by atoms with Crippen molar-refractivity contribution < 1.29 is 0 Å². The lowest BCUT2D eigenvalue weighted by atomic mass is 9.67. The van der Waals surface area contributed by atoms with Crippen LogP contribution in [0.3, 0.4) is 0 Å². The molecule has 1 aliphatic rings. The number of aromatic nitrogens is 2. The molecule has 2 heterocycles. The number of rotatable bonds is 6. The van der Waals surface area contributed by atoms with Crippen LogP contribution in [-0.4, -0.2) is 9.55 Å². The first kappa shape index (κ1) is 34.7. The van der Waals surface area contributed by atoms with Crippen molar-refractivity contribution in [1.82, 2.24) is 9.55 Å². The van der Waals surface area contributed by atoms with Crippen molar-refractivity contribution in [2.24, 2.45) is 0 Å². The van der Waals surface area contributed by atoms with Crippen LogP contribution in [0, 0.1) is 22.7 Å². The maximum atomic E-state index is 10.1. The van der Waals surface area contributed by atoms with Crippen LogP contribution in [0.5, 0.6) is 0 Å². The normalized spacial score (nSPS) is 14.3. The molecule has 0 saturated heterocycles. The molecule has 0 saturated carbocycles. The van der Waals surface area contributed by atoms with E-state index in [1.807, 2.05) is 42.5 Å². The first-order valence-corrected chi connectivity index (χ1v) is 20.7. The van der Waals surface area contributed by atoms with E-state index in [2.05, 4.69) is 157 Å². The number of hydrogen-bond donors (Lipinski definition) is 0. The zero-order valence-electron chi connectivity index (χ0n) is 32.1. The molecule has 1 unspecified atom stereocenters. The largest absolute Gasteiger partial charge is 0.296 e. The Morgan fingerprint density at radius 3 is 1.97 bits per heavy atom. The third kappa shape index (κ3) is 5.16. The zero-order valence-corrected chi connectivity index (χ0v) is 33.0. The summed E-state index contributed by atoms with van der Waals surface area (Å²) in [6, 6.07) is 67.2. The summed E-state index contributed by atoms with van der Waals surface area (Å²) >= 11 is 1.73. The zero-order chi connectivity index (χ0) is 39.7.